The van der Waals surface area contributed by atoms with Crippen LogP contribution >= 0.6 is 22.6 Å². The second-order valence-electron chi connectivity index (χ2n) is 33.3. The lowest BCUT2D eigenvalue weighted by molar-refractivity contribution is -0.268. The molecule has 5 saturated heterocycles. The number of halogens is 1. The monoisotopic (exact) mass is 1490 g/mol. The predicted octanol–water partition coefficient (Wildman–Crippen LogP) is 17.4. The summed E-state index contributed by atoms with van der Waals surface area (Å²) in [6, 6.07) is 17.7. The topological polar surface area (TPSA) is 164 Å². The van der Waals surface area contributed by atoms with E-state index >= 15 is 8.42 Å². The van der Waals surface area contributed by atoms with Crippen LogP contribution in [0.2, 0.25) is 54.4 Å². The maximum atomic E-state index is 15.5. The quantitative estimate of drug-likeness (QED) is 0.0258. The van der Waals surface area contributed by atoms with E-state index in [1.165, 1.54) is 5.57 Å². The molecule has 5 aliphatic rings. The summed E-state index contributed by atoms with van der Waals surface area (Å²) >= 11 is 2.48. The van der Waals surface area contributed by atoms with Gasteiger partial charge in [-0.15, -0.1) is 0 Å². The summed E-state index contributed by atoms with van der Waals surface area (Å²) in [5.74, 6) is -0.384. The lowest BCUT2D eigenvalue weighted by atomic mass is 9.83. The third-order valence-corrected chi connectivity index (χ3v) is 40.1. The highest BCUT2D eigenvalue weighted by Gasteiger charge is 2.60. The zero-order valence-electron chi connectivity index (χ0n) is 61.5. The normalized spacial score (nSPS) is 31.1. The summed E-state index contributed by atoms with van der Waals surface area (Å²) in [6.45, 7) is 48.8. The number of sulfone groups is 1. The van der Waals surface area contributed by atoms with Crippen LogP contribution in [-0.2, 0) is 56.3 Å². The van der Waals surface area contributed by atoms with E-state index in [1.54, 1.807) is 43.5 Å². The largest absolute Gasteiger partial charge is 0.455 e. The molecule has 19 heteroatoms. The van der Waals surface area contributed by atoms with Crippen molar-refractivity contribution in [1.82, 2.24) is 0 Å². The van der Waals surface area contributed by atoms with Gasteiger partial charge in [0.25, 0.3) is 0 Å². The van der Waals surface area contributed by atoms with E-state index in [4.69, 9.17) is 46.4 Å². The molecular formula is C75H125IO14SSi3. The van der Waals surface area contributed by atoms with Gasteiger partial charge in [0.05, 0.1) is 76.7 Å². The molecule has 0 radical (unpaired) electrons. The molecule has 1 N–H and O–H groups in total. The standard InChI is InChI=1S/C75H125IO14SSi3/c1-23-31-59-64(65(81-16)62(85-59)44-50(5)24-2)70(91(79,80)57-34-29-26-30-35-57)58(77)46-54-39-41-60-66(83-54)68(89-93(19,20)73(10,11)12)69(90-94(21,22)74(13,14)15)67(86-60)61(88-92(17,18)72(7,8)9)42-38-53(84-71(78)52-32-27-25-28-33-52)36-37-56-47-75(48-76)63(82-56)43-40-55(87-75)45-51(6)49(3)4/h25-30,32-35,38,42,50-51,53-56,58-70,77H,3,23-24,31,36-37,39-41,43-48H2,1-2,4-22H3/b42-38+/t50?,51-,53?,54-,55-,56+,58?,59+,60+,61+,62-,63+,64?,65+,66+,67+,68+,69-,70?,75-/m1/s1. The van der Waals surface area contributed by atoms with E-state index in [-0.39, 0.29) is 50.8 Å². The van der Waals surface area contributed by atoms with Crippen molar-refractivity contribution in [3.05, 3.63) is 90.5 Å². The molecule has 2 aromatic carbocycles. The first-order valence-electron chi connectivity index (χ1n) is 35.7. The number of esters is 1. The number of hydrogen-bond acceptors (Lipinski definition) is 14. The van der Waals surface area contributed by atoms with E-state index in [2.05, 4.69) is 171 Å². The van der Waals surface area contributed by atoms with E-state index in [1.807, 2.05) is 30.3 Å². The molecule has 0 amide bonds. The Bertz CT molecular complexity index is 2880. The minimum Gasteiger partial charge on any atom is -0.455 e. The summed E-state index contributed by atoms with van der Waals surface area (Å²) in [4.78, 5) is 14.5. The van der Waals surface area contributed by atoms with Crippen LogP contribution in [0.4, 0.5) is 0 Å². The Kier molecular flexibility index (Phi) is 27.6. The Morgan fingerprint density at radius 3 is 1.89 bits per heavy atom. The molecule has 0 saturated carbocycles. The first-order chi connectivity index (χ1) is 43.7. The van der Waals surface area contributed by atoms with Crippen molar-refractivity contribution in [3.8, 4) is 0 Å². The molecule has 94 heavy (non-hydrogen) atoms. The van der Waals surface area contributed by atoms with Crippen LogP contribution in [0.3, 0.4) is 0 Å². The Hall–Kier alpha value is -1.68. The Morgan fingerprint density at radius 1 is 0.734 bits per heavy atom. The molecule has 534 valence electrons. The van der Waals surface area contributed by atoms with Crippen molar-refractivity contribution >= 4 is 63.3 Å². The maximum absolute atomic E-state index is 15.5. The number of rotatable bonds is 30. The molecule has 14 nitrogen and oxygen atoms in total. The smallest absolute Gasteiger partial charge is 0.338 e. The van der Waals surface area contributed by atoms with Gasteiger partial charge in [-0.2, -0.15) is 0 Å². The number of hydrogen-bond donors (Lipinski definition) is 1. The Morgan fingerprint density at radius 2 is 1.33 bits per heavy atom. The van der Waals surface area contributed by atoms with Crippen LogP contribution in [0.1, 0.15) is 191 Å². The van der Waals surface area contributed by atoms with E-state index < -0.39 is 125 Å². The summed E-state index contributed by atoms with van der Waals surface area (Å²) < 4.78 is 104. The Balaban J connectivity index is 1.30. The summed E-state index contributed by atoms with van der Waals surface area (Å²) in [5, 5.41) is 11.2. The fraction of sp³-hybridized carbons (Fsp3) is 0.773. The molecule has 0 aliphatic carbocycles. The van der Waals surface area contributed by atoms with Gasteiger partial charge in [0.2, 0.25) is 0 Å². The van der Waals surface area contributed by atoms with Gasteiger partial charge in [0.1, 0.15) is 36.1 Å². The molecule has 0 aromatic heterocycles. The minimum atomic E-state index is -4.19. The number of carbonyl (C=O) groups excluding carboxylic acids is 1. The highest BCUT2D eigenvalue weighted by molar-refractivity contribution is 14.1. The molecule has 5 unspecified atom stereocenters. The van der Waals surface area contributed by atoms with Crippen LogP contribution in [-0.4, -0.2) is 158 Å². The number of aliphatic hydroxyl groups excluding tert-OH is 1. The second kappa shape index (κ2) is 32.5. The molecule has 7 rings (SSSR count). The third-order valence-electron chi connectivity index (χ3n) is 23.1. The number of ether oxygens (including phenoxy) is 7. The SMILES string of the molecule is C=C(C)[C@H](C)C[C@H]1CC[C@@H]2O[C@@H](CCC(/C=C/[C@H](O[Si](C)(C)C(C)(C)C)[C@@H]3O[C@H]4CC[C@H](CC(O)C(C5[C@H](CCC)O[C@H](CC(C)CC)[C@@H]5OC)S(=O)(=O)c5ccccc5)O[C@@H]4[C@H](O[Si](C)(C)C(C)(C)C)[C@@H]3O[Si](C)(C)C(C)(C)C)OC(=O)c3ccccc3)C[C@]2(CI)O1. The number of methoxy groups -OCH3 is 1. The van der Waals surface area contributed by atoms with Crippen molar-refractivity contribution in [1.29, 1.82) is 0 Å². The van der Waals surface area contributed by atoms with Crippen LogP contribution in [0.5, 0.6) is 0 Å². The molecule has 5 aliphatic heterocycles. The minimum absolute atomic E-state index is 0.0151. The number of benzene rings is 2. The average Bonchev–Trinajstić information content (AvgIpc) is 1.10. The zero-order valence-corrected chi connectivity index (χ0v) is 67.5. The third kappa shape index (κ3) is 19.1. The summed E-state index contributed by atoms with van der Waals surface area (Å²) in [6.07, 6.45) is 5.01. The number of carbonyl (C=O) groups is 1. The van der Waals surface area contributed by atoms with Crippen molar-refractivity contribution < 1.29 is 64.8 Å². The summed E-state index contributed by atoms with van der Waals surface area (Å²) in [5.41, 5.74) is 1.25. The van der Waals surface area contributed by atoms with Gasteiger partial charge < -0.3 is 51.5 Å². The molecule has 20 atom stereocenters. The highest BCUT2D eigenvalue weighted by atomic mass is 127. The lowest BCUT2D eigenvalue weighted by Gasteiger charge is -2.56. The van der Waals surface area contributed by atoms with Crippen molar-refractivity contribution in [2.24, 2.45) is 17.8 Å². The van der Waals surface area contributed by atoms with Gasteiger partial charge in [-0.3, -0.25) is 0 Å². The number of allylic oxidation sites excluding steroid dienone is 1. The van der Waals surface area contributed by atoms with Gasteiger partial charge >= 0.3 is 5.97 Å². The number of alkyl halides is 1. The molecule has 5 fully saturated rings. The number of aliphatic hydroxyl groups is 1. The molecular weight excluding hydrogens is 1370 g/mol. The first-order valence-corrected chi connectivity index (χ1v) is 47.5. The van der Waals surface area contributed by atoms with Crippen molar-refractivity contribution in [3.63, 3.8) is 0 Å². The summed E-state index contributed by atoms with van der Waals surface area (Å²) in [7, 11) is -10.7. The molecule has 2 aromatic rings. The molecule has 5 heterocycles. The van der Waals surface area contributed by atoms with Crippen LogP contribution in [0.25, 0.3) is 0 Å². The number of fused-ring (bicyclic) bond motifs is 2. The fourth-order valence-electron chi connectivity index (χ4n) is 13.9. The zero-order chi connectivity index (χ0) is 69.7. The van der Waals surface area contributed by atoms with Gasteiger partial charge in [0, 0.05) is 30.3 Å². The first kappa shape index (κ1) is 79.6. The predicted molar refractivity (Wildman–Crippen MR) is 394 cm³/mol. The van der Waals surface area contributed by atoms with E-state index in [9.17, 15) is 9.90 Å². The fourth-order valence-corrected chi connectivity index (χ4v) is 20.9. The van der Waals surface area contributed by atoms with E-state index in [0.717, 1.165) is 43.0 Å². The van der Waals surface area contributed by atoms with Crippen LogP contribution in [0, 0.1) is 17.8 Å². The van der Waals surface area contributed by atoms with Crippen molar-refractivity contribution in [2.45, 2.75) is 342 Å². The maximum Gasteiger partial charge on any atom is 0.338 e. The van der Waals surface area contributed by atoms with Crippen molar-refractivity contribution in [2.75, 3.05) is 11.5 Å². The second-order valence-corrected chi connectivity index (χ2v) is 50.5. The van der Waals surface area contributed by atoms with Crippen LogP contribution < -0.4 is 0 Å². The van der Waals surface area contributed by atoms with Gasteiger partial charge in [-0.1, -0.05) is 180 Å². The van der Waals surface area contributed by atoms with Gasteiger partial charge in [-0.25, -0.2) is 13.2 Å². The molecule has 0 bridgehead atoms. The van der Waals surface area contributed by atoms with E-state index in [0.29, 0.717) is 55.9 Å². The highest BCUT2D eigenvalue weighted by Crippen LogP contribution is 2.50. The Labute approximate surface area is 586 Å². The van der Waals surface area contributed by atoms with Crippen LogP contribution in [0.15, 0.2) is 89.9 Å². The molecule has 0 spiro atoms. The lowest BCUT2D eigenvalue weighted by Crippen LogP contribution is -2.69. The average molecular weight is 1490 g/mol. The van der Waals surface area contributed by atoms with Gasteiger partial charge in [0.15, 0.2) is 34.8 Å². The van der Waals surface area contributed by atoms with Gasteiger partial charge in [-0.05, 0) is 161 Å².